The number of hydrogen-bond donors (Lipinski definition) is 4. The molecule has 4 N–H and O–H groups in total. The molecule has 0 amide bonds. The summed E-state index contributed by atoms with van der Waals surface area (Å²) in [5.74, 6) is -5.56. The Balaban J connectivity index is 2.14. The van der Waals surface area contributed by atoms with Crippen LogP contribution < -0.4 is 0 Å². The lowest BCUT2D eigenvalue weighted by atomic mass is 9.52. The molecule has 8 nitrogen and oxygen atoms in total. The summed E-state index contributed by atoms with van der Waals surface area (Å²) in [6, 6.07) is 8.28. The molecule has 3 rings (SSSR count). The lowest BCUT2D eigenvalue weighted by molar-refractivity contribution is -0.168. The fourth-order valence-corrected chi connectivity index (χ4v) is 3.93. The number of carbonyl (C=O) groups excluding carboxylic acids is 2. The van der Waals surface area contributed by atoms with Gasteiger partial charge in [-0.15, -0.1) is 0 Å². The second kappa shape index (κ2) is 7.30. The molecule has 1 aliphatic carbocycles. The van der Waals surface area contributed by atoms with Crippen molar-refractivity contribution in [3.8, 4) is 23.0 Å². The molecule has 0 aromatic heterocycles. The third-order valence-corrected chi connectivity index (χ3v) is 5.26. The van der Waals surface area contributed by atoms with Crippen molar-refractivity contribution < 1.29 is 39.5 Å². The van der Waals surface area contributed by atoms with Crippen LogP contribution in [0.4, 0.5) is 0 Å². The Hall–Kier alpha value is -3.42. The highest BCUT2D eigenvalue weighted by atomic mass is 16.5. The zero-order chi connectivity index (χ0) is 20.6. The Morgan fingerprint density at radius 1 is 0.679 bits per heavy atom. The highest BCUT2D eigenvalue weighted by molar-refractivity contribution is 5.87. The summed E-state index contributed by atoms with van der Waals surface area (Å²) in [5, 5.41) is 38.9. The Kier molecular flexibility index (Phi) is 5.04. The summed E-state index contributed by atoms with van der Waals surface area (Å²) in [5.41, 5.74) is 1.01. The summed E-state index contributed by atoms with van der Waals surface area (Å²) in [4.78, 5) is 24.9. The number of phenolic OH excluding ortho intramolecular Hbond substituents is 4. The Morgan fingerprint density at radius 3 is 1.32 bits per heavy atom. The summed E-state index contributed by atoms with van der Waals surface area (Å²) < 4.78 is 9.73. The average molecular weight is 388 g/mol. The summed E-state index contributed by atoms with van der Waals surface area (Å²) in [6.45, 7) is 0. The van der Waals surface area contributed by atoms with Crippen LogP contribution in [0.25, 0.3) is 0 Å². The molecule has 1 saturated carbocycles. The molecule has 0 heterocycles. The van der Waals surface area contributed by atoms with Gasteiger partial charge >= 0.3 is 11.9 Å². The molecule has 0 saturated heterocycles. The quantitative estimate of drug-likeness (QED) is 0.461. The molecule has 0 aliphatic heterocycles. The Bertz CT molecular complexity index is 847. The molecule has 2 aromatic carbocycles. The summed E-state index contributed by atoms with van der Waals surface area (Å²) >= 11 is 0. The number of methoxy groups -OCH3 is 2. The third kappa shape index (κ3) is 3.06. The third-order valence-electron chi connectivity index (χ3n) is 5.26. The maximum absolute atomic E-state index is 12.4. The molecule has 8 heteroatoms. The van der Waals surface area contributed by atoms with Crippen LogP contribution in [0, 0.1) is 11.8 Å². The number of phenols is 4. The van der Waals surface area contributed by atoms with Crippen LogP contribution in [0.15, 0.2) is 36.4 Å². The fraction of sp³-hybridized carbons (Fsp3) is 0.300. The normalized spacial score (nSPS) is 23.5. The van der Waals surface area contributed by atoms with Gasteiger partial charge in [0.1, 0.15) is 0 Å². The first-order valence-electron chi connectivity index (χ1n) is 8.49. The van der Waals surface area contributed by atoms with Crippen molar-refractivity contribution in [2.24, 2.45) is 11.8 Å². The van der Waals surface area contributed by atoms with Crippen molar-refractivity contribution in [3.05, 3.63) is 47.5 Å². The minimum atomic E-state index is -0.887. The van der Waals surface area contributed by atoms with Gasteiger partial charge in [-0.05, 0) is 35.4 Å². The lowest BCUT2D eigenvalue weighted by Gasteiger charge is -2.49. The summed E-state index contributed by atoms with van der Waals surface area (Å²) in [7, 11) is 2.42. The van der Waals surface area contributed by atoms with Crippen molar-refractivity contribution in [1.29, 1.82) is 0 Å². The monoisotopic (exact) mass is 388 g/mol. The standard InChI is InChI=1S/C20H20O8/c1-27-19(25)17-15(9-3-5-11(21)13(23)7-9)16(18(17)20(26)28-2)10-4-6-12(22)14(24)8-10/h3-8,15-18,21-24H,1-2H3/t15-,16-,17+,18+/m0/s1. The minimum absolute atomic E-state index is 0.318. The predicted octanol–water partition coefficient (Wildman–Crippen LogP) is 1.97. The maximum Gasteiger partial charge on any atom is 0.310 e. The molecule has 28 heavy (non-hydrogen) atoms. The highest BCUT2D eigenvalue weighted by Gasteiger charge is 2.59. The van der Waals surface area contributed by atoms with Crippen LogP contribution in [-0.2, 0) is 19.1 Å². The van der Waals surface area contributed by atoms with E-state index in [1.807, 2.05) is 0 Å². The van der Waals surface area contributed by atoms with Gasteiger partial charge in [-0.25, -0.2) is 0 Å². The van der Waals surface area contributed by atoms with E-state index in [-0.39, 0.29) is 23.0 Å². The van der Waals surface area contributed by atoms with Gasteiger partial charge in [-0.3, -0.25) is 9.59 Å². The molecule has 0 spiro atoms. The van der Waals surface area contributed by atoms with E-state index in [9.17, 15) is 30.0 Å². The number of esters is 2. The number of benzene rings is 2. The second-order valence-corrected chi connectivity index (χ2v) is 6.65. The molecule has 0 radical (unpaired) electrons. The van der Waals surface area contributed by atoms with E-state index in [0.29, 0.717) is 11.1 Å². The van der Waals surface area contributed by atoms with Gasteiger partial charge in [-0.1, -0.05) is 12.1 Å². The van der Waals surface area contributed by atoms with Crippen molar-refractivity contribution in [3.63, 3.8) is 0 Å². The average Bonchev–Trinajstić information content (AvgIpc) is 2.66. The molecular weight excluding hydrogens is 368 g/mol. The molecule has 2 aromatic rings. The van der Waals surface area contributed by atoms with Crippen LogP contribution in [-0.4, -0.2) is 46.6 Å². The van der Waals surface area contributed by atoms with E-state index >= 15 is 0 Å². The van der Waals surface area contributed by atoms with Gasteiger partial charge in [-0.2, -0.15) is 0 Å². The number of hydrogen-bond acceptors (Lipinski definition) is 8. The minimum Gasteiger partial charge on any atom is -0.504 e. The van der Waals surface area contributed by atoms with Gasteiger partial charge in [0.25, 0.3) is 0 Å². The van der Waals surface area contributed by atoms with Gasteiger partial charge in [0.15, 0.2) is 23.0 Å². The molecular formula is C20H20O8. The Morgan fingerprint density at radius 2 is 1.04 bits per heavy atom. The van der Waals surface area contributed by atoms with Gasteiger partial charge in [0.2, 0.25) is 0 Å². The van der Waals surface area contributed by atoms with Gasteiger partial charge in [0, 0.05) is 11.8 Å². The van der Waals surface area contributed by atoms with Gasteiger partial charge in [0.05, 0.1) is 26.1 Å². The number of rotatable bonds is 4. The van der Waals surface area contributed by atoms with Crippen LogP contribution in [0.3, 0.4) is 0 Å². The van der Waals surface area contributed by atoms with E-state index < -0.39 is 35.6 Å². The van der Waals surface area contributed by atoms with Gasteiger partial charge < -0.3 is 29.9 Å². The van der Waals surface area contributed by atoms with Crippen molar-refractivity contribution in [2.75, 3.05) is 14.2 Å². The zero-order valence-corrected chi connectivity index (χ0v) is 15.2. The Labute approximate surface area is 160 Å². The van der Waals surface area contributed by atoms with E-state index in [1.165, 1.54) is 50.6 Å². The second-order valence-electron chi connectivity index (χ2n) is 6.65. The molecule has 4 atom stereocenters. The largest absolute Gasteiger partial charge is 0.504 e. The topological polar surface area (TPSA) is 134 Å². The number of aromatic hydroxyl groups is 4. The number of carbonyl (C=O) groups is 2. The van der Waals surface area contributed by atoms with Crippen molar-refractivity contribution >= 4 is 11.9 Å². The van der Waals surface area contributed by atoms with Crippen molar-refractivity contribution in [1.82, 2.24) is 0 Å². The SMILES string of the molecule is COC(=O)[C@H]1[C@H](C(=O)OC)[C@@H](c2ccc(O)c(O)c2)[C@@H]1c1ccc(O)c(O)c1. The van der Waals surface area contributed by atoms with Crippen LogP contribution in [0.5, 0.6) is 23.0 Å². The maximum atomic E-state index is 12.4. The fourth-order valence-electron chi connectivity index (χ4n) is 3.93. The molecule has 1 fully saturated rings. The molecule has 0 unspecified atom stereocenters. The van der Waals surface area contributed by atoms with E-state index in [4.69, 9.17) is 9.47 Å². The first-order valence-corrected chi connectivity index (χ1v) is 8.49. The van der Waals surface area contributed by atoms with Crippen LogP contribution >= 0.6 is 0 Å². The first kappa shape index (κ1) is 19.3. The van der Waals surface area contributed by atoms with E-state index in [0.717, 1.165) is 0 Å². The highest BCUT2D eigenvalue weighted by Crippen LogP contribution is 2.59. The zero-order valence-electron chi connectivity index (χ0n) is 15.2. The molecule has 0 bridgehead atoms. The van der Waals surface area contributed by atoms with Crippen LogP contribution in [0.2, 0.25) is 0 Å². The predicted molar refractivity (Wildman–Crippen MR) is 96.0 cm³/mol. The smallest absolute Gasteiger partial charge is 0.310 e. The van der Waals surface area contributed by atoms with E-state index in [1.54, 1.807) is 0 Å². The number of ether oxygens (including phenoxy) is 2. The lowest BCUT2D eigenvalue weighted by Crippen LogP contribution is -2.52. The molecule has 1 aliphatic rings. The summed E-state index contributed by atoms with van der Waals surface area (Å²) in [6.07, 6.45) is 0. The van der Waals surface area contributed by atoms with Crippen molar-refractivity contribution in [2.45, 2.75) is 11.8 Å². The van der Waals surface area contributed by atoms with E-state index in [2.05, 4.69) is 0 Å². The van der Waals surface area contributed by atoms with Crippen LogP contribution in [0.1, 0.15) is 23.0 Å². The first-order chi connectivity index (χ1) is 13.3. The molecule has 148 valence electrons.